The van der Waals surface area contributed by atoms with Crippen molar-refractivity contribution in [3.05, 3.63) is 11.3 Å². The molecule has 0 bridgehead atoms. The predicted octanol–water partition coefficient (Wildman–Crippen LogP) is -0.443. The molecular formula is C13H13F3N2O7S2. The van der Waals surface area contributed by atoms with Crippen molar-refractivity contribution in [2.45, 2.75) is 23.8 Å². The molecule has 2 amide bonds. The van der Waals surface area contributed by atoms with Gasteiger partial charge in [0.25, 0.3) is 11.8 Å². The molecule has 2 N–H and O–H groups in total. The Bertz CT molecular complexity index is 713. The van der Waals surface area contributed by atoms with E-state index in [1.807, 2.05) is 5.32 Å². The lowest BCUT2D eigenvalue weighted by Gasteiger charge is -2.49. The van der Waals surface area contributed by atoms with E-state index < -0.39 is 63.3 Å². The van der Waals surface area contributed by atoms with E-state index >= 15 is 0 Å². The first-order valence-electron chi connectivity index (χ1n) is 7.21. The standard InChI is InChI=1S/C13H13F3N2O7S2/c1-5(19)25-2-6-3-26-11-8(10(21)18(11)9(6)12(22)23)17-7(20)4-27(24)13(14,15)16/h8,11H,2-4H2,1H3,(H,17,20)(H,22,23)/t8?,11-,27?/m1/s1. The highest BCUT2D eigenvalue weighted by Crippen LogP contribution is 2.40. The number of carbonyl (C=O) groups is 4. The van der Waals surface area contributed by atoms with Gasteiger partial charge in [0.15, 0.2) is 5.75 Å². The second kappa shape index (κ2) is 7.98. The van der Waals surface area contributed by atoms with Crippen LogP contribution in [0.4, 0.5) is 13.2 Å². The van der Waals surface area contributed by atoms with Gasteiger partial charge in [-0.3, -0.25) is 19.3 Å². The second-order valence-corrected chi connectivity index (χ2v) is 7.98. The first-order valence-corrected chi connectivity index (χ1v) is 9.58. The Kier molecular flexibility index (Phi) is 6.32. The fourth-order valence-corrected chi connectivity index (χ4v) is 4.21. The maximum Gasteiger partial charge on any atom is 0.573 e. The van der Waals surface area contributed by atoms with Gasteiger partial charge in [-0.1, -0.05) is 0 Å². The maximum absolute atomic E-state index is 12.2. The average Bonchev–Trinajstić information content (AvgIpc) is 2.55. The molecule has 1 saturated heterocycles. The number of halogens is 3. The molecule has 0 saturated carbocycles. The van der Waals surface area contributed by atoms with E-state index in [0.29, 0.717) is 0 Å². The first kappa shape index (κ1) is 21.4. The Morgan fingerprint density at radius 1 is 1.44 bits per heavy atom. The quantitative estimate of drug-likeness (QED) is 0.329. The lowest BCUT2D eigenvalue weighted by atomic mass is 10.0. The van der Waals surface area contributed by atoms with Crippen LogP contribution in [0.3, 0.4) is 0 Å². The summed E-state index contributed by atoms with van der Waals surface area (Å²) in [6.45, 7) is 0.799. The molecule has 2 unspecified atom stereocenters. The number of β-lactam (4-membered cyclic amide) rings is 1. The van der Waals surface area contributed by atoms with E-state index in [1.165, 1.54) is 0 Å². The number of hydrogen-bond donors (Lipinski definition) is 2. The van der Waals surface area contributed by atoms with Crippen LogP contribution < -0.4 is 5.32 Å². The number of nitrogens with one attached hydrogen (secondary N) is 1. The minimum Gasteiger partial charge on any atom is -0.609 e. The topological polar surface area (TPSA) is 136 Å². The molecule has 0 aromatic carbocycles. The molecule has 0 aromatic heterocycles. The van der Waals surface area contributed by atoms with Gasteiger partial charge in [-0.2, -0.15) is 0 Å². The molecule has 0 aromatic rings. The molecule has 0 spiro atoms. The summed E-state index contributed by atoms with van der Waals surface area (Å²) < 4.78 is 52.4. The molecular weight excluding hydrogens is 417 g/mol. The van der Waals surface area contributed by atoms with Gasteiger partial charge in [0.1, 0.15) is 23.7 Å². The van der Waals surface area contributed by atoms with Crippen LogP contribution in [0.1, 0.15) is 6.92 Å². The minimum atomic E-state index is -5.06. The van der Waals surface area contributed by atoms with Crippen LogP contribution in [0, 0.1) is 0 Å². The lowest BCUT2D eigenvalue weighted by molar-refractivity contribution is -0.150. The van der Waals surface area contributed by atoms with Gasteiger partial charge in [-0.05, 0) is 0 Å². The van der Waals surface area contributed by atoms with Crippen LogP contribution in [0.5, 0.6) is 0 Å². The summed E-state index contributed by atoms with van der Waals surface area (Å²) in [7, 11) is 0. The van der Waals surface area contributed by atoms with Gasteiger partial charge >= 0.3 is 17.4 Å². The van der Waals surface area contributed by atoms with Gasteiger partial charge in [-0.15, -0.1) is 24.9 Å². The molecule has 9 nitrogen and oxygen atoms in total. The summed E-state index contributed by atoms with van der Waals surface area (Å²) in [5.41, 5.74) is -5.28. The highest BCUT2D eigenvalue weighted by molar-refractivity contribution is 8.00. The average molecular weight is 430 g/mol. The number of alkyl halides is 3. The Morgan fingerprint density at radius 2 is 2.07 bits per heavy atom. The van der Waals surface area contributed by atoms with E-state index in [-0.39, 0.29) is 17.9 Å². The Labute approximate surface area is 157 Å². The highest BCUT2D eigenvalue weighted by atomic mass is 32.2. The third-order valence-corrected chi connectivity index (χ3v) is 5.92. The number of fused-ring (bicyclic) bond motifs is 1. The minimum absolute atomic E-state index is 0.0736. The van der Waals surface area contributed by atoms with E-state index in [9.17, 15) is 42.0 Å². The summed E-state index contributed by atoms with van der Waals surface area (Å²) in [5, 5.41) is 10.5. The largest absolute Gasteiger partial charge is 0.609 e. The molecule has 14 heteroatoms. The van der Waals surface area contributed by atoms with Gasteiger partial charge in [0.2, 0.25) is 0 Å². The molecule has 2 aliphatic heterocycles. The number of nitrogens with zero attached hydrogens (tertiary/aromatic N) is 1. The smallest absolute Gasteiger partial charge is 0.573 e. The molecule has 27 heavy (non-hydrogen) atoms. The summed E-state index contributed by atoms with van der Waals surface area (Å²) in [6, 6.07) is -1.24. The van der Waals surface area contributed by atoms with Crippen LogP contribution in [0.15, 0.2) is 11.3 Å². The normalized spacial score (nSPS) is 23.3. The summed E-state index contributed by atoms with van der Waals surface area (Å²) in [6.07, 6.45) is 0. The van der Waals surface area contributed by atoms with Crippen molar-refractivity contribution >= 4 is 46.7 Å². The lowest BCUT2D eigenvalue weighted by Crippen LogP contribution is -2.71. The van der Waals surface area contributed by atoms with Gasteiger partial charge in [0, 0.05) is 18.2 Å². The van der Waals surface area contributed by atoms with Crippen LogP contribution in [0.25, 0.3) is 0 Å². The SMILES string of the molecule is CC(=O)OCC1=C(C(=O)O)N2C(=O)C(NC(=O)C[S+]([O-])C(F)(F)F)[C@H]2SC1. The Hall–Kier alpha value is -1.93. The van der Waals surface area contributed by atoms with Crippen molar-refractivity contribution < 1.29 is 46.7 Å². The maximum atomic E-state index is 12.2. The number of carboxylic acid groups (broad SMARTS) is 1. The number of aliphatic carboxylic acids is 1. The zero-order valence-electron chi connectivity index (χ0n) is 13.6. The zero-order valence-corrected chi connectivity index (χ0v) is 15.2. The third kappa shape index (κ3) is 4.68. The van der Waals surface area contributed by atoms with Crippen LogP contribution in [-0.4, -0.2) is 73.3 Å². The molecule has 2 aliphatic rings. The number of amides is 2. The Balaban J connectivity index is 2.07. The number of thioether (sulfide) groups is 1. The van der Waals surface area contributed by atoms with Crippen LogP contribution in [0.2, 0.25) is 0 Å². The number of carbonyl (C=O) groups excluding carboxylic acids is 3. The number of esters is 1. The van der Waals surface area contributed by atoms with E-state index in [0.717, 1.165) is 23.6 Å². The molecule has 1 fully saturated rings. The predicted molar refractivity (Wildman–Crippen MR) is 85.4 cm³/mol. The van der Waals surface area contributed by atoms with Gasteiger partial charge in [-0.25, -0.2) is 4.79 Å². The molecule has 0 aliphatic carbocycles. The van der Waals surface area contributed by atoms with Gasteiger partial charge < -0.3 is 19.7 Å². The number of rotatable bonds is 6. The van der Waals surface area contributed by atoms with Crippen molar-refractivity contribution in [1.29, 1.82) is 0 Å². The van der Waals surface area contributed by atoms with Crippen molar-refractivity contribution in [2.75, 3.05) is 18.1 Å². The molecule has 3 atom stereocenters. The molecule has 150 valence electrons. The van der Waals surface area contributed by atoms with Crippen molar-refractivity contribution in [2.24, 2.45) is 0 Å². The van der Waals surface area contributed by atoms with Gasteiger partial charge in [0.05, 0.1) is 11.2 Å². The summed E-state index contributed by atoms with van der Waals surface area (Å²) >= 11 is -2.35. The highest BCUT2D eigenvalue weighted by Gasteiger charge is 2.55. The number of hydrogen-bond acceptors (Lipinski definition) is 7. The van der Waals surface area contributed by atoms with E-state index in [4.69, 9.17) is 4.74 Å². The van der Waals surface area contributed by atoms with Crippen LogP contribution >= 0.6 is 11.8 Å². The molecule has 2 heterocycles. The third-order valence-electron chi connectivity index (χ3n) is 3.54. The monoisotopic (exact) mass is 430 g/mol. The number of carboxylic acids is 1. The van der Waals surface area contributed by atoms with Crippen molar-refractivity contribution in [1.82, 2.24) is 10.2 Å². The second-order valence-electron chi connectivity index (χ2n) is 5.43. The van der Waals surface area contributed by atoms with Crippen LogP contribution in [-0.2, 0) is 35.1 Å². The van der Waals surface area contributed by atoms with E-state index in [2.05, 4.69) is 0 Å². The zero-order chi connectivity index (χ0) is 20.5. The fraction of sp³-hybridized carbons (Fsp3) is 0.538. The first-order chi connectivity index (χ1) is 12.4. The van der Waals surface area contributed by atoms with Crippen molar-refractivity contribution in [3.63, 3.8) is 0 Å². The van der Waals surface area contributed by atoms with E-state index in [1.54, 1.807) is 0 Å². The fourth-order valence-electron chi connectivity index (χ4n) is 2.40. The number of ether oxygens (including phenoxy) is 1. The summed E-state index contributed by atoms with van der Waals surface area (Å²) in [4.78, 5) is 47.1. The summed E-state index contributed by atoms with van der Waals surface area (Å²) in [5.74, 6) is -5.45. The Morgan fingerprint density at radius 3 is 2.59 bits per heavy atom. The molecule has 2 rings (SSSR count). The van der Waals surface area contributed by atoms with Crippen molar-refractivity contribution in [3.8, 4) is 0 Å². The molecule has 0 radical (unpaired) electrons.